The average molecular weight is 517 g/mol. The van der Waals surface area contributed by atoms with Crippen LogP contribution in [0.25, 0.3) is 11.6 Å². The standard InChI is InChI=1S/C22H27FN4O2.C4H6O4/c1-5-27(6-2)10-9-24-22(29)20-13(3)19(25-14(20)4)12-17-16-11-15(23)7-8-18(16)26-21(17)28;5-3(6)1-2-4(7)8/h7-8,11-12,25H,5-6,9-10H2,1-4H3,(H,24,29)(H,26,28);1-2H2,(H,5,6)(H,7,8). The molecular weight excluding hydrogens is 483 g/mol. The van der Waals surface area contributed by atoms with Gasteiger partial charge in [-0.25, -0.2) is 4.39 Å². The predicted octanol–water partition coefficient (Wildman–Crippen LogP) is 3.27. The topological polar surface area (TPSA) is 152 Å². The van der Waals surface area contributed by atoms with Gasteiger partial charge in [0, 0.05) is 35.7 Å². The maximum Gasteiger partial charge on any atom is 0.303 e. The summed E-state index contributed by atoms with van der Waals surface area (Å²) >= 11 is 0. The summed E-state index contributed by atoms with van der Waals surface area (Å²) < 4.78 is 13.7. The maximum absolute atomic E-state index is 13.7. The third-order valence-corrected chi connectivity index (χ3v) is 5.92. The normalized spacial score (nSPS) is 13.1. The lowest BCUT2D eigenvalue weighted by atomic mass is 10.0. The van der Waals surface area contributed by atoms with Crippen LogP contribution in [0.3, 0.4) is 0 Å². The van der Waals surface area contributed by atoms with E-state index in [2.05, 4.69) is 34.4 Å². The Morgan fingerprint density at radius 3 is 2.27 bits per heavy atom. The lowest BCUT2D eigenvalue weighted by Gasteiger charge is -2.18. The highest BCUT2D eigenvalue weighted by atomic mass is 19.1. The Hall–Kier alpha value is -3.99. The third-order valence-electron chi connectivity index (χ3n) is 5.92. The number of benzene rings is 1. The number of carboxylic acid groups (broad SMARTS) is 2. The highest BCUT2D eigenvalue weighted by molar-refractivity contribution is 6.34. The first-order valence-corrected chi connectivity index (χ1v) is 11.9. The lowest BCUT2D eigenvalue weighted by Crippen LogP contribution is -2.35. The van der Waals surface area contributed by atoms with E-state index >= 15 is 0 Å². The zero-order valence-corrected chi connectivity index (χ0v) is 21.4. The van der Waals surface area contributed by atoms with Gasteiger partial charge in [0.1, 0.15) is 5.82 Å². The minimum absolute atomic E-state index is 0.143. The number of likely N-dealkylation sites (N-methyl/N-ethyl adjacent to an activating group) is 1. The molecule has 0 atom stereocenters. The molecule has 0 radical (unpaired) electrons. The summed E-state index contributed by atoms with van der Waals surface area (Å²) in [5.74, 6) is -2.99. The predicted molar refractivity (Wildman–Crippen MR) is 138 cm³/mol. The molecule has 0 aliphatic carbocycles. The monoisotopic (exact) mass is 516 g/mol. The van der Waals surface area contributed by atoms with Crippen LogP contribution in [0, 0.1) is 19.7 Å². The van der Waals surface area contributed by atoms with Gasteiger partial charge in [0.05, 0.1) is 24.0 Å². The van der Waals surface area contributed by atoms with Crippen LogP contribution in [0.4, 0.5) is 10.1 Å². The van der Waals surface area contributed by atoms with E-state index in [1.807, 2.05) is 13.8 Å². The molecule has 0 saturated carbocycles. The number of carbonyl (C=O) groups is 4. The molecule has 37 heavy (non-hydrogen) atoms. The zero-order valence-electron chi connectivity index (χ0n) is 21.4. The van der Waals surface area contributed by atoms with Crippen molar-refractivity contribution < 1.29 is 33.8 Å². The number of aromatic amines is 1. The molecule has 1 aromatic carbocycles. The van der Waals surface area contributed by atoms with Crippen LogP contribution >= 0.6 is 0 Å². The van der Waals surface area contributed by atoms with Gasteiger partial charge in [0.15, 0.2) is 0 Å². The molecule has 0 bridgehead atoms. The van der Waals surface area contributed by atoms with Crippen LogP contribution < -0.4 is 10.6 Å². The van der Waals surface area contributed by atoms with E-state index in [0.717, 1.165) is 30.9 Å². The third kappa shape index (κ3) is 8.01. The Morgan fingerprint density at radius 1 is 1.08 bits per heavy atom. The molecule has 1 aromatic heterocycles. The fraction of sp³-hybridized carbons (Fsp3) is 0.385. The second-order valence-corrected chi connectivity index (χ2v) is 8.44. The van der Waals surface area contributed by atoms with Gasteiger partial charge in [-0.1, -0.05) is 13.8 Å². The van der Waals surface area contributed by atoms with Crippen molar-refractivity contribution in [3.63, 3.8) is 0 Å². The van der Waals surface area contributed by atoms with Crippen molar-refractivity contribution in [2.24, 2.45) is 0 Å². The first-order valence-electron chi connectivity index (χ1n) is 11.9. The number of anilines is 1. The molecule has 0 saturated heterocycles. The number of nitrogens with one attached hydrogen (secondary N) is 3. The van der Waals surface area contributed by atoms with E-state index in [0.29, 0.717) is 34.6 Å². The van der Waals surface area contributed by atoms with Crippen molar-refractivity contribution in [1.29, 1.82) is 0 Å². The summed E-state index contributed by atoms with van der Waals surface area (Å²) in [6, 6.07) is 4.20. The molecule has 0 unspecified atom stereocenters. The Morgan fingerprint density at radius 2 is 1.70 bits per heavy atom. The zero-order chi connectivity index (χ0) is 27.7. The number of nitrogens with zero attached hydrogens (tertiary/aromatic N) is 1. The minimum Gasteiger partial charge on any atom is -0.481 e. The Balaban J connectivity index is 0.000000521. The number of aliphatic carboxylic acids is 2. The van der Waals surface area contributed by atoms with Gasteiger partial charge in [-0.15, -0.1) is 0 Å². The van der Waals surface area contributed by atoms with Crippen molar-refractivity contribution in [3.8, 4) is 0 Å². The summed E-state index contributed by atoms with van der Waals surface area (Å²) in [7, 11) is 0. The van der Waals surface area contributed by atoms with E-state index in [9.17, 15) is 23.6 Å². The summed E-state index contributed by atoms with van der Waals surface area (Å²) in [6.45, 7) is 11.1. The number of H-pyrrole nitrogens is 1. The van der Waals surface area contributed by atoms with E-state index in [1.54, 1.807) is 12.1 Å². The number of halogens is 1. The number of aromatic nitrogens is 1. The van der Waals surface area contributed by atoms with Gasteiger partial charge in [0.2, 0.25) is 0 Å². The Kier molecular flexibility index (Phi) is 10.6. The summed E-state index contributed by atoms with van der Waals surface area (Å²) in [4.78, 5) is 49.8. The molecular formula is C26H33FN4O6. The van der Waals surface area contributed by atoms with Gasteiger partial charge in [-0.3, -0.25) is 19.2 Å². The van der Waals surface area contributed by atoms with Gasteiger partial charge >= 0.3 is 11.9 Å². The quantitative estimate of drug-likeness (QED) is 0.304. The minimum atomic E-state index is -1.08. The molecule has 200 valence electrons. The first kappa shape index (κ1) is 29.2. The number of hydrogen-bond donors (Lipinski definition) is 5. The van der Waals surface area contributed by atoms with Crippen molar-refractivity contribution in [3.05, 3.63) is 52.1 Å². The molecule has 3 rings (SSSR count). The highest BCUT2D eigenvalue weighted by Crippen LogP contribution is 2.34. The van der Waals surface area contributed by atoms with Crippen molar-refractivity contribution in [2.75, 3.05) is 31.5 Å². The number of hydrogen-bond acceptors (Lipinski definition) is 5. The number of rotatable bonds is 10. The molecule has 2 aromatic rings. The van der Waals surface area contributed by atoms with Crippen LogP contribution in [0.1, 0.15) is 59.6 Å². The molecule has 1 aliphatic heterocycles. The van der Waals surface area contributed by atoms with Crippen LogP contribution in [0.5, 0.6) is 0 Å². The van der Waals surface area contributed by atoms with E-state index in [1.165, 1.54) is 12.1 Å². The molecule has 0 spiro atoms. The fourth-order valence-corrected chi connectivity index (χ4v) is 3.88. The summed E-state index contributed by atoms with van der Waals surface area (Å²) in [5.41, 5.74) is 4.20. The average Bonchev–Trinajstić information content (AvgIpc) is 3.30. The number of carbonyl (C=O) groups excluding carboxylic acids is 2. The van der Waals surface area contributed by atoms with Crippen LogP contribution in [-0.4, -0.2) is 70.0 Å². The second-order valence-electron chi connectivity index (χ2n) is 8.44. The largest absolute Gasteiger partial charge is 0.481 e. The van der Waals surface area contributed by atoms with Crippen LogP contribution in [0.2, 0.25) is 0 Å². The van der Waals surface area contributed by atoms with Crippen molar-refractivity contribution in [2.45, 2.75) is 40.5 Å². The second kappa shape index (κ2) is 13.4. The fourth-order valence-electron chi connectivity index (χ4n) is 3.88. The Labute approximate surface area is 214 Å². The molecule has 2 amide bonds. The molecule has 11 heteroatoms. The van der Waals surface area contributed by atoms with E-state index < -0.39 is 17.8 Å². The van der Waals surface area contributed by atoms with Crippen molar-refractivity contribution >= 4 is 41.1 Å². The SMILES string of the molecule is CCN(CC)CCNC(=O)c1c(C)[nH]c(C=C2C(=O)Nc3ccc(F)cc32)c1C.O=C(O)CCC(=O)O. The van der Waals surface area contributed by atoms with Gasteiger partial charge in [-0.2, -0.15) is 0 Å². The maximum atomic E-state index is 13.7. The molecule has 5 N–H and O–H groups in total. The van der Waals surface area contributed by atoms with E-state index in [-0.39, 0.29) is 24.7 Å². The van der Waals surface area contributed by atoms with Gasteiger partial charge in [0.25, 0.3) is 11.8 Å². The number of aryl methyl sites for hydroxylation is 1. The lowest BCUT2D eigenvalue weighted by molar-refractivity contribution is -0.143. The van der Waals surface area contributed by atoms with Crippen molar-refractivity contribution in [1.82, 2.24) is 15.2 Å². The summed E-state index contributed by atoms with van der Waals surface area (Å²) in [5, 5.41) is 21.5. The van der Waals surface area contributed by atoms with Gasteiger partial charge < -0.3 is 30.7 Å². The molecule has 1 aliphatic rings. The number of fused-ring (bicyclic) bond motifs is 1. The first-order chi connectivity index (χ1) is 17.5. The van der Waals surface area contributed by atoms with E-state index in [4.69, 9.17) is 10.2 Å². The Bertz CT molecular complexity index is 1190. The highest BCUT2D eigenvalue weighted by Gasteiger charge is 2.26. The molecule has 0 fully saturated rings. The smallest absolute Gasteiger partial charge is 0.303 e. The number of amides is 2. The van der Waals surface area contributed by atoms with Crippen LogP contribution in [0.15, 0.2) is 18.2 Å². The summed E-state index contributed by atoms with van der Waals surface area (Å²) in [6.07, 6.45) is 1.08. The van der Waals surface area contributed by atoms with Gasteiger partial charge in [-0.05, 0) is 56.8 Å². The molecule has 2 heterocycles. The number of carboxylic acids is 2. The van der Waals surface area contributed by atoms with Crippen LogP contribution in [-0.2, 0) is 14.4 Å². The molecule has 10 nitrogen and oxygen atoms in total.